The van der Waals surface area contributed by atoms with Crippen LogP contribution in [-0.2, 0) is 19.5 Å². The highest BCUT2D eigenvalue weighted by Gasteiger charge is 2.25. The molecule has 1 saturated carbocycles. The Balaban J connectivity index is 1.19. The van der Waals surface area contributed by atoms with E-state index in [1.165, 1.54) is 30.6 Å². The highest BCUT2D eigenvalue weighted by molar-refractivity contribution is 7.12. The van der Waals surface area contributed by atoms with Crippen molar-refractivity contribution in [2.45, 2.75) is 58.5 Å². The molecule has 3 aromatic rings. The van der Waals surface area contributed by atoms with Crippen LogP contribution in [0.5, 0.6) is 5.75 Å². The van der Waals surface area contributed by atoms with Crippen LogP contribution < -0.4 is 4.74 Å². The van der Waals surface area contributed by atoms with Gasteiger partial charge in [-0.2, -0.15) is 5.26 Å². The molecule has 1 saturated heterocycles. The summed E-state index contributed by atoms with van der Waals surface area (Å²) in [6.07, 6.45) is 7.12. The number of hydrogen-bond donors (Lipinski definition) is 0. The lowest BCUT2D eigenvalue weighted by Gasteiger charge is -2.31. The number of nitriles is 1. The second kappa shape index (κ2) is 11.1. The molecule has 0 spiro atoms. The van der Waals surface area contributed by atoms with Crippen molar-refractivity contribution in [1.29, 1.82) is 5.26 Å². The number of benzene rings is 1. The van der Waals surface area contributed by atoms with E-state index in [1.807, 2.05) is 6.07 Å². The maximum atomic E-state index is 9.05. The molecule has 0 unspecified atom stereocenters. The van der Waals surface area contributed by atoms with Gasteiger partial charge in [-0.05, 0) is 101 Å². The Morgan fingerprint density at radius 1 is 1.17 bits per heavy atom. The lowest BCUT2D eigenvalue weighted by Crippen LogP contribution is -2.33. The molecular formula is C28H36N4O2S. The van der Waals surface area contributed by atoms with Crippen LogP contribution >= 0.6 is 11.3 Å². The van der Waals surface area contributed by atoms with Gasteiger partial charge < -0.3 is 14.2 Å². The summed E-state index contributed by atoms with van der Waals surface area (Å²) in [4.78, 5) is 6.90. The van der Waals surface area contributed by atoms with Gasteiger partial charge in [0, 0.05) is 23.4 Å². The van der Waals surface area contributed by atoms with E-state index in [-0.39, 0.29) is 0 Å². The van der Waals surface area contributed by atoms with Gasteiger partial charge in [0.1, 0.15) is 16.7 Å². The largest absolute Gasteiger partial charge is 0.493 e. The van der Waals surface area contributed by atoms with Gasteiger partial charge in [-0.15, -0.1) is 11.3 Å². The fourth-order valence-corrected chi connectivity index (χ4v) is 5.80. The van der Waals surface area contributed by atoms with E-state index in [0.29, 0.717) is 0 Å². The van der Waals surface area contributed by atoms with Gasteiger partial charge in [-0.25, -0.2) is 0 Å². The summed E-state index contributed by atoms with van der Waals surface area (Å²) < 4.78 is 12.1. The van der Waals surface area contributed by atoms with Gasteiger partial charge in [0.05, 0.1) is 17.9 Å². The molecule has 0 bridgehead atoms. The predicted octanol–water partition coefficient (Wildman–Crippen LogP) is 5.85. The molecule has 0 N–H and O–H groups in total. The summed E-state index contributed by atoms with van der Waals surface area (Å²) in [5.41, 5.74) is 3.11. The number of aromatic nitrogens is 1. The minimum Gasteiger partial charge on any atom is -0.493 e. The summed E-state index contributed by atoms with van der Waals surface area (Å²) in [5, 5.41) is 14.7. The Bertz CT molecular complexity index is 1170. The topological polar surface area (TPSA) is 65.5 Å². The van der Waals surface area contributed by atoms with Gasteiger partial charge in [-0.3, -0.25) is 4.90 Å². The van der Waals surface area contributed by atoms with Crippen LogP contribution in [0.1, 0.15) is 60.0 Å². The summed E-state index contributed by atoms with van der Waals surface area (Å²) >= 11 is 1.62. The van der Waals surface area contributed by atoms with Crippen molar-refractivity contribution >= 4 is 22.3 Å². The monoisotopic (exact) mass is 492 g/mol. The third-order valence-electron chi connectivity index (χ3n) is 7.56. The molecule has 1 aliphatic carbocycles. The Kier molecular flexibility index (Phi) is 7.72. The first-order valence-electron chi connectivity index (χ1n) is 13.1. The van der Waals surface area contributed by atoms with Crippen LogP contribution in [0.2, 0.25) is 0 Å². The van der Waals surface area contributed by atoms with Gasteiger partial charge in [0.2, 0.25) is 0 Å². The number of likely N-dealkylation sites (tertiary alicyclic amines) is 1. The van der Waals surface area contributed by atoms with Crippen LogP contribution in [-0.4, -0.2) is 48.2 Å². The van der Waals surface area contributed by atoms with E-state index in [1.54, 1.807) is 11.3 Å². The van der Waals surface area contributed by atoms with Gasteiger partial charge in [-0.1, -0.05) is 12.1 Å². The Labute approximate surface area is 212 Å². The van der Waals surface area contributed by atoms with Crippen molar-refractivity contribution in [2.24, 2.45) is 11.8 Å². The number of nitrogens with zero attached hydrogens (tertiary/aromatic N) is 4. The molecular weight excluding hydrogens is 456 g/mol. The molecule has 2 aromatic heterocycles. The normalized spacial score (nSPS) is 17.3. The van der Waals surface area contributed by atoms with Crippen molar-refractivity contribution in [3.63, 3.8) is 0 Å². The van der Waals surface area contributed by atoms with Crippen molar-refractivity contribution in [1.82, 2.24) is 15.0 Å². The zero-order valence-electron chi connectivity index (χ0n) is 21.0. The number of ether oxygens (including phenoxy) is 1. The smallest absolute Gasteiger partial charge is 0.175 e. The van der Waals surface area contributed by atoms with Crippen LogP contribution in [0.25, 0.3) is 11.0 Å². The quantitative estimate of drug-likeness (QED) is 0.335. The van der Waals surface area contributed by atoms with Crippen LogP contribution in [0.4, 0.5) is 0 Å². The first-order chi connectivity index (χ1) is 17.1. The number of aryl methyl sites for hydroxylation is 1. The Morgan fingerprint density at radius 2 is 2.00 bits per heavy atom. The Hall–Kier alpha value is -2.40. The van der Waals surface area contributed by atoms with E-state index in [4.69, 9.17) is 14.5 Å². The summed E-state index contributed by atoms with van der Waals surface area (Å²) in [5.74, 6) is 2.40. The zero-order valence-corrected chi connectivity index (χ0v) is 21.8. The van der Waals surface area contributed by atoms with Crippen molar-refractivity contribution in [3.05, 3.63) is 45.3 Å². The lowest BCUT2D eigenvalue weighted by molar-refractivity contribution is 0.173. The third-order valence-corrected chi connectivity index (χ3v) is 8.54. The molecule has 0 amide bonds. The fourth-order valence-electron chi connectivity index (χ4n) is 4.95. The maximum Gasteiger partial charge on any atom is 0.175 e. The van der Waals surface area contributed by atoms with Gasteiger partial charge in [0.25, 0.3) is 0 Å². The van der Waals surface area contributed by atoms with E-state index in [9.17, 15) is 0 Å². The molecule has 35 heavy (non-hydrogen) atoms. The van der Waals surface area contributed by atoms with Gasteiger partial charge >= 0.3 is 0 Å². The molecule has 186 valence electrons. The second-order valence-electron chi connectivity index (χ2n) is 10.3. The zero-order chi connectivity index (χ0) is 24.2. The highest BCUT2D eigenvalue weighted by atomic mass is 32.1. The minimum absolute atomic E-state index is 0.722. The number of piperidine rings is 1. The molecule has 1 aromatic carbocycles. The van der Waals surface area contributed by atoms with Gasteiger partial charge in [0.15, 0.2) is 5.58 Å². The van der Waals surface area contributed by atoms with Crippen LogP contribution in [0, 0.1) is 23.2 Å². The molecule has 2 fully saturated rings. The first kappa shape index (κ1) is 24.3. The molecule has 7 heteroatoms. The average Bonchev–Trinajstić information content (AvgIpc) is 3.45. The summed E-state index contributed by atoms with van der Waals surface area (Å²) in [6.45, 7) is 7.97. The minimum atomic E-state index is 0.722. The lowest BCUT2D eigenvalue weighted by atomic mass is 9.91. The van der Waals surface area contributed by atoms with Crippen molar-refractivity contribution < 1.29 is 9.26 Å². The predicted molar refractivity (Wildman–Crippen MR) is 140 cm³/mol. The summed E-state index contributed by atoms with van der Waals surface area (Å²) in [6, 6.07) is 10.6. The van der Waals surface area contributed by atoms with E-state index in [0.717, 1.165) is 96.9 Å². The van der Waals surface area contributed by atoms with E-state index < -0.39 is 0 Å². The van der Waals surface area contributed by atoms with Crippen LogP contribution in [0.3, 0.4) is 0 Å². The second-order valence-corrected chi connectivity index (χ2v) is 11.4. The fraction of sp³-hybridized carbons (Fsp3) is 0.571. The molecule has 3 heterocycles. The molecule has 0 radical (unpaired) electrons. The highest BCUT2D eigenvalue weighted by Crippen LogP contribution is 2.35. The van der Waals surface area contributed by atoms with Crippen molar-refractivity contribution in [3.8, 4) is 11.8 Å². The number of rotatable bonds is 11. The van der Waals surface area contributed by atoms with E-state index >= 15 is 0 Å². The SMILES string of the molecule is CCN(C)Cc1c(OCC2CC2)ccc2c(CCC3CCN(Cc4ccc(C#N)s4)CC3)noc12. The van der Waals surface area contributed by atoms with Crippen molar-refractivity contribution in [2.75, 3.05) is 33.3 Å². The number of hydrogen-bond acceptors (Lipinski definition) is 7. The number of thiophene rings is 1. The average molecular weight is 493 g/mol. The third kappa shape index (κ3) is 6.06. The van der Waals surface area contributed by atoms with Crippen LogP contribution in [0.15, 0.2) is 28.8 Å². The molecule has 5 rings (SSSR count). The summed E-state index contributed by atoms with van der Waals surface area (Å²) in [7, 11) is 2.13. The maximum absolute atomic E-state index is 9.05. The number of fused-ring (bicyclic) bond motifs is 1. The first-order valence-corrected chi connectivity index (χ1v) is 13.9. The van der Waals surface area contributed by atoms with E-state index in [2.05, 4.69) is 53.2 Å². The molecule has 0 atom stereocenters. The molecule has 1 aliphatic heterocycles. The Morgan fingerprint density at radius 3 is 2.71 bits per heavy atom. The molecule has 6 nitrogen and oxygen atoms in total. The standard InChI is InChI=1S/C28H36N4O2S/c1-3-31(2)18-25-27(33-19-21-4-5-21)11-9-24-26(30-34-28(24)25)10-6-20-12-14-32(15-13-20)17-23-8-7-22(16-29)35-23/h7-9,11,20-21H,3-6,10,12-15,17-19H2,1-2H3. The molecule has 2 aliphatic rings.